The lowest BCUT2D eigenvalue weighted by molar-refractivity contribution is -0.275. The van der Waals surface area contributed by atoms with Gasteiger partial charge in [0.2, 0.25) is 0 Å². The SMILES string of the molecule is CC(C)(C)OC(=O)NCc1cc(C2=NOC(c3cc(Cl)c(Cl)c(Cl)c3)(C(F)(F)F)C2)ccc1Br. The van der Waals surface area contributed by atoms with Crippen LogP contribution in [-0.4, -0.2) is 23.6 Å². The Bertz CT molecular complexity index is 1130. The molecule has 1 aliphatic rings. The third kappa shape index (κ3) is 5.75. The quantitative estimate of drug-likeness (QED) is 0.361. The van der Waals surface area contributed by atoms with Crippen molar-refractivity contribution in [3.63, 3.8) is 0 Å². The van der Waals surface area contributed by atoms with Gasteiger partial charge in [-0.25, -0.2) is 4.79 Å². The number of nitrogens with zero attached hydrogens (tertiary/aromatic N) is 1. The lowest BCUT2D eigenvalue weighted by Crippen LogP contribution is -2.42. The average molecular weight is 603 g/mol. The predicted octanol–water partition coefficient (Wildman–Crippen LogP) is 8.02. The van der Waals surface area contributed by atoms with E-state index in [-0.39, 0.29) is 32.9 Å². The number of carbonyl (C=O) groups is 1. The number of hydrogen-bond donors (Lipinski definition) is 1. The van der Waals surface area contributed by atoms with Crippen LogP contribution in [0.3, 0.4) is 0 Å². The van der Waals surface area contributed by atoms with Crippen LogP contribution in [0, 0.1) is 0 Å². The van der Waals surface area contributed by atoms with E-state index in [4.69, 9.17) is 44.4 Å². The topological polar surface area (TPSA) is 59.9 Å². The minimum Gasteiger partial charge on any atom is -0.444 e. The average Bonchev–Trinajstić information content (AvgIpc) is 3.16. The number of alkyl halides is 3. The summed E-state index contributed by atoms with van der Waals surface area (Å²) in [4.78, 5) is 17.0. The molecule has 1 atom stereocenters. The molecule has 0 saturated carbocycles. The zero-order valence-corrected chi connectivity index (χ0v) is 22.0. The number of benzene rings is 2. The third-order valence-electron chi connectivity index (χ3n) is 4.84. The van der Waals surface area contributed by atoms with E-state index in [1.807, 2.05) is 0 Å². The Morgan fingerprint density at radius 3 is 2.35 bits per heavy atom. The Morgan fingerprint density at radius 2 is 1.79 bits per heavy atom. The molecule has 184 valence electrons. The monoisotopic (exact) mass is 600 g/mol. The van der Waals surface area contributed by atoms with Crippen molar-refractivity contribution in [1.82, 2.24) is 5.32 Å². The molecule has 0 saturated heterocycles. The molecule has 34 heavy (non-hydrogen) atoms. The van der Waals surface area contributed by atoms with Gasteiger partial charge in [0.15, 0.2) is 0 Å². The molecule has 2 aromatic carbocycles. The third-order valence-corrected chi connectivity index (χ3v) is 6.81. The fourth-order valence-corrected chi connectivity index (χ4v) is 4.20. The fourth-order valence-electron chi connectivity index (χ4n) is 3.22. The van der Waals surface area contributed by atoms with E-state index in [9.17, 15) is 18.0 Å². The second-order valence-electron chi connectivity index (χ2n) is 8.55. The lowest BCUT2D eigenvalue weighted by atomic mass is 9.86. The summed E-state index contributed by atoms with van der Waals surface area (Å²) >= 11 is 21.2. The van der Waals surface area contributed by atoms with Crippen molar-refractivity contribution in [2.24, 2.45) is 5.16 Å². The summed E-state index contributed by atoms with van der Waals surface area (Å²) < 4.78 is 48.6. The molecule has 0 aromatic heterocycles. The van der Waals surface area contributed by atoms with Gasteiger partial charge in [-0.3, -0.25) is 0 Å². The highest BCUT2D eigenvalue weighted by Crippen LogP contribution is 2.50. The first-order valence-corrected chi connectivity index (χ1v) is 11.8. The van der Waals surface area contributed by atoms with Crippen LogP contribution < -0.4 is 5.32 Å². The first-order chi connectivity index (χ1) is 15.6. The fraction of sp³-hybridized carbons (Fsp3) is 0.364. The second-order valence-corrected chi connectivity index (χ2v) is 10.6. The molecule has 3 rings (SSSR count). The summed E-state index contributed by atoms with van der Waals surface area (Å²) in [7, 11) is 0. The number of alkyl carbamates (subject to hydrolysis) is 1. The Balaban J connectivity index is 1.88. The highest BCUT2D eigenvalue weighted by molar-refractivity contribution is 9.10. The molecule has 1 N–H and O–H groups in total. The highest BCUT2D eigenvalue weighted by atomic mass is 79.9. The molecular formula is C22H19BrCl3F3N2O3. The normalized spacial score (nSPS) is 18.4. The summed E-state index contributed by atoms with van der Waals surface area (Å²) in [6.45, 7) is 5.27. The Morgan fingerprint density at radius 1 is 1.18 bits per heavy atom. The highest BCUT2D eigenvalue weighted by Gasteiger charge is 2.62. The molecule has 0 radical (unpaired) electrons. The molecule has 0 aliphatic carbocycles. The zero-order valence-electron chi connectivity index (χ0n) is 18.1. The number of nitrogens with one attached hydrogen (secondary N) is 1. The summed E-state index contributed by atoms with van der Waals surface area (Å²) in [5.74, 6) is 0. The zero-order chi connectivity index (χ0) is 25.5. The van der Waals surface area contributed by atoms with Crippen molar-refractivity contribution in [2.75, 3.05) is 0 Å². The summed E-state index contributed by atoms with van der Waals surface area (Å²) in [5, 5.41) is 6.04. The van der Waals surface area contributed by atoms with E-state index in [1.165, 1.54) is 0 Å². The van der Waals surface area contributed by atoms with Gasteiger partial charge in [-0.05, 0) is 56.2 Å². The van der Waals surface area contributed by atoms with Crippen LogP contribution in [0.4, 0.5) is 18.0 Å². The molecule has 0 fully saturated rings. The van der Waals surface area contributed by atoms with Gasteiger partial charge >= 0.3 is 12.3 Å². The standard InChI is InChI=1S/C22H19BrCl3F3N2O3/c1-20(2,3)33-19(32)30-10-12-6-11(4-5-14(12)23)17-9-21(34-31-17,22(27,28)29)13-7-15(24)18(26)16(25)8-13/h4-8H,9-10H2,1-3H3,(H,30,32). The van der Waals surface area contributed by atoms with Crippen LogP contribution >= 0.6 is 50.7 Å². The van der Waals surface area contributed by atoms with Crippen molar-refractivity contribution in [3.8, 4) is 0 Å². The van der Waals surface area contributed by atoms with Crippen LogP contribution in [0.25, 0.3) is 0 Å². The molecule has 1 heterocycles. The lowest BCUT2D eigenvalue weighted by Gasteiger charge is -2.30. The van der Waals surface area contributed by atoms with Crippen molar-refractivity contribution in [1.29, 1.82) is 0 Å². The molecule has 12 heteroatoms. The van der Waals surface area contributed by atoms with Crippen molar-refractivity contribution < 1.29 is 27.5 Å². The van der Waals surface area contributed by atoms with Crippen molar-refractivity contribution >= 4 is 62.5 Å². The van der Waals surface area contributed by atoms with Gasteiger partial charge < -0.3 is 14.9 Å². The van der Waals surface area contributed by atoms with E-state index >= 15 is 0 Å². The maximum Gasteiger partial charge on any atom is 0.435 e. The minimum absolute atomic E-state index is 0.0569. The number of halogens is 7. The van der Waals surface area contributed by atoms with E-state index in [0.717, 1.165) is 12.1 Å². The number of rotatable bonds is 4. The van der Waals surface area contributed by atoms with E-state index < -0.39 is 29.9 Å². The number of amides is 1. The Labute approximate surface area is 217 Å². The number of carbonyl (C=O) groups excluding carboxylic acids is 1. The van der Waals surface area contributed by atoms with Gasteiger partial charge in [0.05, 0.1) is 20.8 Å². The largest absolute Gasteiger partial charge is 0.444 e. The summed E-state index contributed by atoms with van der Waals surface area (Å²) in [5.41, 5.74) is -2.72. The molecule has 2 aromatic rings. The van der Waals surface area contributed by atoms with Crippen LogP contribution in [0.1, 0.15) is 43.9 Å². The van der Waals surface area contributed by atoms with Crippen LogP contribution in [0.5, 0.6) is 0 Å². The maximum absolute atomic E-state index is 14.3. The first-order valence-electron chi connectivity index (χ1n) is 9.85. The van der Waals surface area contributed by atoms with Gasteiger partial charge in [-0.1, -0.05) is 62.0 Å². The molecule has 1 amide bonds. The number of hydrogen-bond acceptors (Lipinski definition) is 4. The van der Waals surface area contributed by atoms with Gasteiger partial charge in [0.1, 0.15) is 5.60 Å². The van der Waals surface area contributed by atoms with Crippen LogP contribution in [0.2, 0.25) is 15.1 Å². The number of oxime groups is 1. The Kier molecular flexibility index (Phi) is 7.73. The van der Waals surface area contributed by atoms with Crippen molar-refractivity contribution in [3.05, 3.63) is 66.6 Å². The predicted molar refractivity (Wildman–Crippen MR) is 129 cm³/mol. The van der Waals surface area contributed by atoms with Gasteiger partial charge in [0.25, 0.3) is 5.60 Å². The Hall–Kier alpha value is -1.68. The van der Waals surface area contributed by atoms with E-state index in [2.05, 4.69) is 26.4 Å². The van der Waals surface area contributed by atoms with Crippen LogP contribution in [0.15, 0.2) is 40.0 Å². The number of ether oxygens (including phenoxy) is 1. The molecule has 1 unspecified atom stereocenters. The van der Waals surface area contributed by atoms with Gasteiger partial charge in [-0.2, -0.15) is 13.2 Å². The van der Waals surface area contributed by atoms with Crippen LogP contribution in [-0.2, 0) is 21.7 Å². The molecule has 5 nitrogen and oxygen atoms in total. The maximum atomic E-state index is 14.3. The van der Waals surface area contributed by atoms with E-state index in [1.54, 1.807) is 39.0 Å². The molecular weight excluding hydrogens is 584 g/mol. The second kappa shape index (κ2) is 9.76. The molecule has 1 aliphatic heterocycles. The summed E-state index contributed by atoms with van der Waals surface area (Å²) in [6.07, 6.45) is -6.08. The first kappa shape index (κ1) is 26.9. The molecule has 0 bridgehead atoms. The van der Waals surface area contributed by atoms with Crippen molar-refractivity contribution in [2.45, 2.75) is 51.1 Å². The van der Waals surface area contributed by atoms with Gasteiger partial charge in [-0.15, -0.1) is 0 Å². The minimum atomic E-state index is -4.84. The summed E-state index contributed by atoms with van der Waals surface area (Å²) in [6, 6.07) is 6.99. The van der Waals surface area contributed by atoms with E-state index in [0.29, 0.717) is 15.6 Å². The van der Waals surface area contributed by atoms with Gasteiger partial charge in [0, 0.05) is 23.0 Å². The molecule has 0 spiro atoms. The smallest absolute Gasteiger partial charge is 0.435 e.